The fourth-order valence-corrected chi connectivity index (χ4v) is 1.94. The van der Waals surface area contributed by atoms with E-state index >= 15 is 0 Å². The van der Waals surface area contributed by atoms with Gasteiger partial charge in [-0.3, -0.25) is 4.79 Å². The van der Waals surface area contributed by atoms with Crippen molar-refractivity contribution in [3.05, 3.63) is 56.2 Å². The molecule has 1 N–H and O–H groups in total. The van der Waals surface area contributed by atoms with Crippen molar-refractivity contribution in [2.75, 3.05) is 0 Å². The molecule has 3 nitrogen and oxygen atoms in total. The lowest BCUT2D eigenvalue weighted by Crippen LogP contribution is -2.12. The zero-order valence-electron chi connectivity index (χ0n) is 9.42. The summed E-state index contributed by atoms with van der Waals surface area (Å²) in [5.74, 6) is -0.436. The van der Waals surface area contributed by atoms with Crippen LogP contribution in [0.5, 0.6) is 0 Å². The van der Waals surface area contributed by atoms with Crippen molar-refractivity contribution in [3.63, 3.8) is 0 Å². The second-order valence-electron chi connectivity index (χ2n) is 3.81. The van der Waals surface area contributed by atoms with E-state index in [1.165, 1.54) is 6.07 Å². The summed E-state index contributed by atoms with van der Waals surface area (Å²) in [4.78, 5) is 14.2. The third kappa shape index (κ3) is 2.20. The van der Waals surface area contributed by atoms with E-state index in [9.17, 15) is 9.18 Å². The normalized spacial score (nSPS) is 10.1. The zero-order valence-corrected chi connectivity index (χ0v) is 11.0. The highest BCUT2D eigenvalue weighted by molar-refractivity contribution is 9.10. The van der Waals surface area contributed by atoms with Gasteiger partial charge in [0.05, 0.1) is 4.47 Å². The second kappa shape index (κ2) is 4.75. The predicted molar refractivity (Wildman–Crippen MR) is 69.6 cm³/mol. The van der Waals surface area contributed by atoms with Crippen LogP contribution in [-0.2, 0) is 0 Å². The molecular weight excluding hydrogens is 299 g/mol. The van der Waals surface area contributed by atoms with E-state index in [-0.39, 0.29) is 5.56 Å². The summed E-state index contributed by atoms with van der Waals surface area (Å²) < 4.78 is 13.8. The Labute approximate surface area is 111 Å². The number of H-pyrrole nitrogens is 1. The molecule has 5 heteroatoms. The summed E-state index contributed by atoms with van der Waals surface area (Å²) in [6.07, 6.45) is 0. The van der Waals surface area contributed by atoms with Crippen molar-refractivity contribution in [3.8, 4) is 17.2 Å². The maximum atomic E-state index is 13.5. The van der Waals surface area contributed by atoms with Crippen LogP contribution in [0.2, 0.25) is 0 Å². The van der Waals surface area contributed by atoms with Crippen LogP contribution in [0.1, 0.15) is 11.3 Å². The Bertz CT molecular complexity index is 716. The van der Waals surface area contributed by atoms with Gasteiger partial charge in [-0.15, -0.1) is 0 Å². The Kier molecular flexibility index (Phi) is 3.30. The third-order valence-corrected chi connectivity index (χ3v) is 3.15. The molecule has 0 spiro atoms. The highest BCUT2D eigenvalue weighted by atomic mass is 79.9. The number of aryl methyl sites for hydroxylation is 1. The Morgan fingerprint density at radius 3 is 2.72 bits per heavy atom. The van der Waals surface area contributed by atoms with Gasteiger partial charge in [0.25, 0.3) is 5.56 Å². The molecule has 0 saturated heterocycles. The maximum Gasteiger partial charge on any atom is 0.266 e. The molecule has 0 saturated carbocycles. The summed E-state index contributed by atoms with van der Waals surface area (Å²) in [5.41, 5.74) is 1.09. The minimum absolute atomic E-state index is 0.0117. The number of aromatic amines is 1. The molecule has 1 aromatic heterocycles. The first-order valence-electron chi connectivity index (χ1n) is 5.12. The summed E-state index contributed by atoms with van der Waals surface area (Å²) in [6, 6.07) is 7.99. The number of nitrogens with one attached hydrogen (secondary N) is 1. The Hall–Kier alpha value is -1.93. The zero-order chi connectivity index (χ0) is 13.3. The molecule has 2 aromatic rings. The molecule has 0 atom stereocenters. The largest absolute Gasteiger partial charge is 0.325 e. The first kappa shape index (κ1) is 12.5. The number of hydrogen-bond acceptors (Lipinski definition) is 2. The number of aromatic nitrogens is 1. The average Bonchev–Trinajstić information content (AvgIpc) is 2.32. The summed E-state index contributed by atoms with van der Waals surface area (Å²) in [7, 11) is 0. The number of rotatable bonds is 1. The van der Waals surface area contributed by atoms with Crippen LogP contribution >= 0.6 is 15.9 Å². The molecule has 1 heterocycles. The van der Waals surface area contributed by atoms with E-state index in [0.29, 0.717) is 21.3 Å². The van der Waals surface area contributed by atoms with Gasteiger partial charge in [-0.05, 0) is 46.6 Å². The van der Waals surface area contributed by atoms with Crippen molar-refractivity contribution in [1.82, 2.24) is 4.98 Å². The number of nitriles is 1. The van der Waals surface area contributed by atoms with Crippen LogP contribution in [0.4, 0.5) is 4.39 Å². The van der Waals surface area contributed by atoms with Crippen LogP contribution in [0.3, 0.4) is 0 Å². The molecule has 0 aliphatic carbocycles. The van der Waals surface area contributed by atoms with Gasteiger partial charge in [0, 0.05) is 11.3 Å². The molecule has 0 aliphatic rings. The highest BCUT2D eigenvalue weighted by Gasteiger charge is 2.11. The number of pyridine rings is 1. The van der Waals surface area contributed by atoms with Gasteiger partial charge in [-0.1, -0.05) is 6.07 Å². The van der Waals surface area contributed by atoms with Crippen LogP contribution in [0, 0.1) is 24.1 Å². The summed E-state index contributed by atoms with van der Waals surface area (Å²) in [5, 5.41) is 9.00. The van der Waals surface area contributed by atoms with Gasteiger partial charge in [0.2, 0.25) is 0 Å². The smallest absolute Gasteiger partial charge is 0.266 e. The van der Waals surface area contributed by atoms with Gasteiger partial charge in [0.1, 0.15) is 17.4 Å². The van der Waals surface area contributed by atoms with E-state index in [1.807, 2.05) is 6.07 Å². The first-order chi connectivity index (χ1) is 8.52. The van der Waals surface area contributed by atoms with E-state index in [4.69, 9.17) is 5.26 Å². The molecular formula is C13H8BrFN2O. The van der Waals surface area contributed by atoms with Crippen molar-refractivity contribution in [2.45, 2.75) is 6.92 Å². The molecule has 0 amide bonds. The molecule has 0 aliphatic heterocycles. The molecule has 0 unspecified atom stereocenters. The van der Waals surface area contributed by atoms with E-state index in [2.05, 4.69) is 20.9 Å². The van der Waals surface area contributed by atoms with E-state index in [1.54, 1.807) is 25.1 Å². The topological polar surface area (TPSA) is 56.6 Å². The van der Waals surface area contributed by atoms with E-state index < -0.39 is 11.4 Å². The Morgan fingerprint density at radius 2 is 2.11 bits per heavy atom. The lowest BCUT2D eigenvalue weighted by atomic mass is 10.0. The van der Waals surface area contributed by atoms with Gasteiger partial charge < -0.3 is 4.98 Å². The Morgan fingerprint density at radius 1 is 1.39 bits per heavy atom. The molecule has 0 radical (unpaired) electrons. The van der Waals surface area contributed by atoms with Crippen LogP contribution in [0.25, 0.3) is 11.1 Å². The lowest BCUT2D eigenvalue weighted by Gasteiger charge is -2.06. The minimum Gasteiger partial charge on any atom is -0.325 e. The van der Waals surface area contributed by atoms with Crippen molar-refractivity contribution < 1.29 is 4.39 Å². The molecule has 90 valence electrons. The van der Waals surface area contributed by atoms with Gasteiger partial charge in [-0.2, -0.15) is 5.26 Å². The van der Waals surface area contributed by atoms with E-state index in [0.717, 1.165) is 0 Å². The fourth-order valence-electron chi connectivity index (χ4n) is 1.69. The van der Waals surface area contributed by atoms with Crippen molar-refractivity contribution >= 4 is 15.9 Å². The fraction of sp³-hybridized carbons (Fsp3) is 0.0769. The van der Waals surface area contributed by atoms with Gasteiger partial charge in [0.15, 0.2) is 0 Å². The minimum atomic E-state index is -0.462. The molecule has 0 bridgehead atoms. The van der Waals surface area contributed by atoms with Crippen LogP contribution < -0.4 is 5.56 Å². The molecule has 2 rings (SSSR count). The maximum absolute atomic E-state index is 13.5. The second-order valence-corrected chi connectivity index (χ2v) is 4.67. The number of hydrogen-bond donors (Lipinski definition) is 1. The summed E-state index contributed by atoms with van der Waals surface area (Å²) in [6.45, 7) is 1.71. The summed E-state index contributed by atoms with van der Waals surface area (Å²) >= 11 is 3.06. The number of nitrogens with zero attached hydrogens (tertiary/aromatic N) is 1. The SMILES string of the molecule is Cc1cc(-c2ccc(Br)c(F)c2)c(C#N)c(=O)[nH]1. The van der Waals surface area contributed by atoms with Gasteiger partial charge >= 0.3 is 0 Å². The third-order valence-electron chi connectivity index (χ3n) is 2.51. The monoisotopic (exact) mass is 306 g/mol. The standard InChI is InChI=1S/C13H8BrFN2O/c1-7-4-9(10(6-16)13(18)17-7)8-2-3-11(14)12(15)5-8/h2-5H,1H3,(H,17,18). The lowest BCUT2D eigenvalue weighted by molar-refractivity contribution is 0.621. The van der Waals surface area contributed by atoms with Crippen molar-refractivity contribution in [1.29, 1.82) is 5.26 Å². The van der Waals surface area contributed by atoms with Crippen LogP contribution in [0.15, 0.2) is 33.5 Å². The predicted octanol–water partition coefficient (Wildman–Crippen LogP) is 3.12. The molecule has 1 aromatic carbocycles. The molecule has 0 fully saturated rings. The number of halogens is 2. The van der Waals surface area contributed by atoms with Crippen molar-refractivity contribution in [2.24, 2.45) is 0 Å². The first-order valence-corrected chi connectivity index (χ1v) is 5.91. The van der Waals surface area contributed by atoms with Crippen LogP contribution in [-0.4, -0.2) is 4.98 Å². The Balaban J connectivity index is 2.75. The van der Waals surface area contributed by atoms with Gasteiger partial charge in [-0.25, -0.2) is 4.39 Å². The quantitative estimate of drug-likeness (QED) is 0.880. The highest BCUT2D eigenvalue weighted by Crippen LogP contribution is 2.26. The number of benzene rings is 1. The average molecular weight is 307 g/mol. The molecule has 18 heavy (non-hydrogen) atoms.